The first-order valence-corrected chi connectivity index (χ1v) is 12.3. The van der Waals surface area contributed by atoms with Crippen molar-refractivity contribution >= 4 is 30.1 Å². The van der Waals surface area contributed by atoms with Gasteiger partial charge < -0.3 is 20.4 Å². The molecule has 12 heteroatoms. The fourth-order valence-corrected chi connectivity index (χ4v) is 4.59. The van der Waals surface area contributed by atoms with Gasteiger partial charge in [-0.2, -0.15) is 13.2 Å². The highest BCUT2D eigenvalue weighted by molar-refractivity contribution is 5.96. The Bertz CT molecular complexity index is 1370. The minimum absolute atomic E-state index is 0. The van der Waals surface area contributed by atoms with E-state index in [1.807, 2.05) is 0 Å². The van der Waals surface area contributed by atoms with Crippen LogP contribution in [0, 0.1) is 5.41 Å². The quantitative estimate of drug-likeness (QED) is 0.204. The van der Waals surface area contributed by atoms with Crippen LogP contribution in [0.3, 0.4) is 0 Å². The largest absolute Gasteiger partial charge is 0.466 e. The molecule has 39 heavy (non-hydrogen) atoms. The minimum atomic E-state index is -4.72. The number of benzene rings is 2. The molecule has 1 aliphatic carbocycles. The molecular weight excluding hydrogens is 535 g/mol. The zero-order valence-corrected chi connectivity index (χ0v) is 22.0. The number of hydrogen-bond acceptors (Lipinski definition) is 5. The van der Waals surface area contributed by atoms with E-state index in [0.29, 0.717) is 17.5 Å². The third-order valence-corrected chi connectivity index (χ3v) is 6.44. The Balaban J connectivity index is 0.00000420. The predicted molar refractivity (Wildman–Crippen MR) is 141 cm³/mol. The van der Waals surface area contributed by atoms with Crippen LogP contribution in [0.4, 0.5) is 13.2 Å². The van der Waals surface area contributed by atoms with E-state index in [4.69, 9.17) is 15.9 Å². The fraction of sp³-hybridized carbons (Fsp3) is 0.333. The van der Waals surface area contributed by atoms with Crippen molar-refractivity contribution in [2.24, 2.45) is 5.73 Å². The normalized spacial score (nSPS) is 13.5. The number of amides is 1. The molecule has 1 aromatic heterocycles. The van der Waals surface area contributed by atoms with Gasteiger partial charge in [0.25, 0.3) is 5.91 Å². The Kier molecular flexibility index (Phi) is 9.39. The van der Waals surface area contributed by atoms with Crippen molar-refractivity contribution < 1.29 is 27.5 Å². The Morgan fingerprint density at radius 3 is 2.59 bits per heavy atom. The van der Waals surface area contributed by atoms with Crippen LogP contribution in [0.1, 0.15) is 70.7 Å². The van der Waals surface area contributed by atoms with Gasteiger partial charge in [-0.3, -0.25) is 15.0 Å². The van der Waals surface area contributed by atoms with Crippen LogP contribution < -0.4 is 11.1 Å². The standard InChI is InChI=1S/C27H28F3N5O3.ClH/c1-2-38-24(36)14-21(16-6-5-7-17(12-16)25(31)32)34-26(37)18-10-11-22(19(13-18)27(28,29)30)35-15-33-20-8-3-4-9-23(20)35;/h5-7,10-13,15,21H,2-4,8-9,14H2,1H3,(H3,31,32)(H,34,37);1H. The van der Waals surface area contributed by atoms with Crippen LogP contribution in [0.15, 0.2) is 48.8 Å². The molecule has 4 rings (SSSR count). The summed E-state index contributed by atoms with van der Waals surface area (Å²) in [5.41, 5.74) is 6.67. The van der Waals surface area contributed by atoms with Gasteiger partial charge in [0.05, 0.1) is 42.3 Å². The maximum Gasteiger partial charge on any atom is 0.418 e. The van der Waals surface area contributed by atoms with Crippen molar-refractivity contribution in [2.75, 3.05) is 6.61 Å². The number of carbonyl (C=O) groups excluding carboxylic acids is 2. The summed E-state index contributed by atoms with van der Waals surface area (Å²) in [5.74, 6) is -1.60. The number of carbonyl (C=O) groups is 2. The zero-order chi connectivity index (χ0) is 27.4. The van der Waals surface area contributed by atoms with E-state index in [9.17, 15) is 22.8 Å². The molecule has 2 aromatic carbocycles. The first-order chi connectivity index (χ1) is 18.1. The van der Waals surface area contributed by atoms with E-state index in [0.717, 1.165) is 36.7 Å². The average molecular weight is 564 g/mol. The van der Waals surface area contributed by atoms with Crippen molar-refractivity contribution in [1.82, 2.24) is 14.9 Å². The molecule has 0 spiro atoms. The van der Waals surface area contributed by atoms with Crippen molar-refractivity contribution in [3.63, 3.8) is 0 Å². The maximum absolute atomic E-state index is 14.2. The van der Waals surface area contributed by atoms with Gasteiger partial charge in [-0.1, -0.05) is 18.2 Å². The molecule has 0 radical (unpaired) electrons. The number of nitrogen functional groups attached to an aromatic ring is 1. The summed E-state index contributed by atoms with van der Waals surface area (Å²) in [6.45, 7) is 1.76. The van der Waals surface area contributed by atoms with E-state index in [1.165, 1.54) is 23.0 Å². The topological polar surface area (TPSA) is 123 Å². The number of amidine groups is 1. The van der Waals surface area contributed by atoms with Crippen molar-refractivity contribution in [1.29, 1.82) is 5.41 Å². The number of esters is 1. The molecule has 0 fully saturated rings. The summed E-state index contributed by atoms with van der Waals surface area (Å²) in [6.07, 6.45) is -0.424. The molecule has 0 saturated heterocycles. The molecule has 3 aromatic rings. The molecule has 0 saturated carbocycles. The second kappa shape index (κ2) is 12.3. The highest BCUT2D eigenvalue weighted by Crippen LogP contribution is 2.36. The Hall–Kier alpha value is -3.86. The number of alkyl halides is 3. The minimum Gasteiger partial charge on any atom is -0.466 e. The Morgan fingerprint density at radius 1 is 1.15 bits per heavy atom. The highest BCUT2D eigenvalue weighted by Gasteiger charge is 2.36. The van der Waals surface area contributed by atoms with Gasteiger partial charge in [0.1, 0.15) is 5.84 Å². The van der Waals surface area contributed by atoms with Gasteiger partial charge in [0.2, 0.25) is 0 Å². The monoisotopic (exact) mass is 563 g/mol. The molecule has 1 heterocycles. The van der Waals surface area contributed by atoms with Crippen LogP contribution in [-0.2, 0) is 28.5 Å². The molecule has 0 aliphatic heterocycles. The van der Waals surface area contributed by atoms with E-state index in [1.54, 1.807) is 31.2 Å². The number of nitrogens with zero attached hydrogens (tertiary/aromatic N) is 2. The smallest absolute Gasteiger partial charge is 0.418 e. The van der Waals surface area contributed by atoms with Gasteiger partial charge in [0.15, 0.2) is 0 Å². The van der Waals surface area contributed by atoms with Crippen LogP contribution in [0.2, 0.25) is 0 Å². The lowest BCUT2D eigenvalue weighted by molar-refractivity contribution is -0.143. The lowest BCUT2D eigenvalue weighted by Gasteiger charge is -2.21. The summed E-state index contributed by atoms with van der Waals surface area (Å²) in [5, 5.41) is 10.3. The van der Waals surface area contributed by atoms with Gasteiger partial charge in [-0.15, -0.1) is 12.4 Å². The summed E-state index contributed by atoms with van der Waals surface area (Å²) < 4.78 is 48.9. The van der Waals surface area contributed by atoms with Crippen LogP contribution in [0.25, 0.3) is 5.69 Å². The zero-order valence-electron chi connectivity index (χ0n) is 21.2. The van der Waals surface area contributed by atoms with Gasteiger partial charge in [-0.25, -0.2) is 4.98 Å². The number of aryl methyl sites for hydroxylation is 1. The number of aromatic nitrogens is 2. The number of fused-ring (bicyclic) bond motifs is 1. The van der Waals surface area contributed by atoms with Crippen molar-refractivity contribution in [3.05, 3.63) is 82.4 Å². The molecule has 1 unspecified atom stereocenters. The first-order valence-electron chi connectivity index (χ1n) is 12.3. The second-order valence-corrected chi connectivity index (χ2v) is 9.02. The van der Waals surface area contributed by atoms with Crippen molar-refractivity contribution in [3.8, 4) is 5.69 Å². The highest BCUT2D eigenvalue weighted by atomic mass is 35.5. The third kappa shape index (κ3) is 6.78. The van der Waals surface area contributed by atoms with E-state index in [2.05, 4.69) is 10.3 Å². The summed E-state index contributed by atoms with van der Waals surface area (Å²) in [7, 11) is 0. The number of ether oxygens (including phenoxy) is 1. The SMILES string of the molecule is CCOC(=O)CC(NC(=O)c1ccc(-n2cnc3c2CCCC3)c(C(F)(F)F)c1)c1cccc(C(=N)N)c1.Cl. The number of rotatable bonds is 8. The molecule has 1 aliphatic rings. The number of hydrogen-bond donors (Lipinski definition) is 3. The number of imidazole rings is 1. The van der Waals surface area contributed by atoms with Crippen LogP contribution in [0.5, 0.6) is 0 Å². The van der Waals surface area contributed by atoms with E-state index >= 15 is 0 Å². The molecule has 1 atom stereocenters. The molecule has 8 nitrogen and oxygen atoms in total. The summed E-state index contributed by atoms with van der Waals surface area (Å²) in [4.78, 5) is 29.7. The maximum atomic E-state index is 14.2. The molecular formula is C27H29ClF3N5O3. The van der Waals surface area contributed by atoms with Gasteiger partial charge >= 0.3 is 12.1 Å². The molecule has 208 valence electrons. The average Bonchev–Trinajstić information content (AvgIpc) is 3.31. The fourth-order valence-electron chi connectivity index (χ4n) is 4.59. The first kappa shape index (κ1) is 29.7. The van der Waals surface area contributed by atoms with Gasteiger partial charge in [-0.05, 0) is 62.4 Å². The van der Waals surface area contributed by atoms with E-state index < -0.39 is 29.7 Å². The lowest BCUT2D eigenvalue weighted by atomic mass is 9.99. The van der Waals surface area contributed by atoms with Crippen molar-refractivity contribution in [2.45, 2.75) is 51.2 Å². The molecule has 0 bridgehead atoms. The Labute approximate surface area is 229 Å². The second-order valence-electron chi connectivity index (χ2n) is 9.02. The third-order valence-electron chi connectivity index (χ3n) is 6.44. The van der Waals surface area contributed by atoms with Crippen LogP contribution >= 0.6 is 12.4 Å². The number of nitrogens with one attached hydrogen (secondary N) is 2. The molecule has 4 N–H and O–H groups in total. The predicted octanol–water partition coefficient (Wildman–Crippen LogP) is 4.90. The summed E-state index contributed by atoms with van der Waals surface area (Å²) >= 11 is 0. The Morgan fingerprint density at radius 2 is 1.90 bits per heavy atom. The summed E-state index contributed by atoms with van der Waals surface area (Å²) in [6, 6.07) is 8.86. The number of nitrogens with two attached hydrogens (primary N) is 1. The van der Waals surface area contributed by atoms with E-state index in [-0.39, 0.29) is 42.5 Å². The molecule has 1 amide bonds. The lowest BCUT2D eigenvalue weighted by Crippen LogP contribution is -2.31. The van der Waals surface area contributed by atoms with Crippen LogP contribution in [-0.4, -0.2) is 33.9 Å². The number of halogens is 4. The van der Waals surface area contributed by atoms with Gasteiger partial charge in [0, 0.05) is 16.8 Å².